The second kappa shape index (κ2) is 32.8. The van der Waals surface area contributed by atoms with E-state index >= 15 is 0 Å². The zero-order chi connectivity index (χ0) is 41.3. The van der Waals surface area contributed by atoms with E-state index in [4.69, 9.17) is 19.3 Å². The van der Waals surface area contributed by atoms with Crippen LogP contribution in [0.5, 0.6) is 0 Å². The van der Waals surface area contributed by atoms with Crippen molar-refractivity contribution in [2.45, 2.75) is 143 Å². The number of nitrogens with zero attached hydrogens (tertiary/aromatic N) is 2. The monoisotopic (exact) mass is 907 g/mol. The number of Topliss-reactive ketones (excluding diaryl/α,β-unsaturated/α-hetero) is 1. The molecule has 1 aromatic carbocycles. The molecule has 4 saturated heterocycles. The van der Waals surface area contributed by atoms with Gasteiger partial charge in [0.25, 0.3) is 0 Å². The quantitative estimate of drug-likeness (QED) is 0.256. The summed E-state index contributed by atoms with van der Waals surface area (Å²) in [4.78, 5) is 9.77. The summed E-state index contributed by atoms with van der Waals surface area (Å²) in [5.41, 5.74) is 2.31. The Morgan fingerprint density at radius 3 is 1.25 bits per heavy atom. The first-order chi connectivity index (χ1) is 24.4. The maximum atomic E-state index is 11.3. The van der Waals surface area contributed by atoms with Gasteiger partial charge in [-0.05, 0) is 91.5 Å². The SMILES string of the molecule is C.C1CCOC1.C1CCOC1.CC(C)(C)S(=O)N=C1COC1.CC(C)(C)S(N)=O.C[Si](C)(C)N(c1ccc(Br)cc1)[Si](C)(C)C.O=C1COC1.[CH2-]CCC.[Li+]. The third-order valence-corrected chi connectivity index (χ3v) is 17.3. The molecule has 55 heavy (non-hydrogen) atoms. The molecule has 4 aliphatic rings. The fraction of sp³-hybridized carbons (Fsp3) is 0.769. The fourth-order valence-electron chi connectivity index (χ4n) is 4.08. The van der Waals surface area contributed by atoms with Gasteiger partial charge in [-0.2, -0.15) is 10.8 Å². The molecule has 0 aliphatic carbocycles. The number of carbonyl (C=O) groups is 1. The molecule has 1 aromatic rings. The summed E-state index contributed by atoms with van der Waals surface area (Å²) >= 11 is 3.50. The van der Waals surface area contributed by atoms with Crippen molar-refractivity contribution in [3.05, 3.63) is 35.7 Å². The predicted octanol–water partition coefficient (Wildman–Crippen LogP) is 6.69. The van der Waals surface area contributed by atoms with E-state index in [2.05, 4.69) is 107 Å². The van der Waals surface area contributed by atoms with Crippen molar-refractivity contribution >= 4 is 71.6 Å². The standard InChI is InChI=1S/C12H22BrNSi2.C7H13NO2S.C4H11NOS.2C4H8O.C4H9.C3H4O2.CH4.Li/c1-15(2,3)14(16(4,5)6)12-9-7-11(13)8-10-12;1-7(2,3)11(9)8-6-4-10-5-6;1-4(2,3)7(5)6;2*1-2-4-5-3-1;1-3-4-2;4-3-1-5-2-3;;/h7-10H,1-6H3;4-5H2,1-3H3;5H2,1-3H3;2*1-4H2;1,3-4H2,2H3;1-2H2;1H4;/q;;;;;-1;;;+1. The van der Waals surface area contributed by atoms with Gasteiger partial charge in [0.15, 0.2) is 5.78 Å². The van der Waals surface area contributed by atoms with Crippen LogP contribution in [0.1, 0.15) is 94.4 Å². The van der Waals surface area contributed by atoms with Crippen LogP contribution in [0.4, 0.5) is 5.69 Å². The van der Waals surface area contributed by atoms with Gasteiger partial charge in [0.05, 0.1) is 39.4 Å². The van der Waals surface area contributed by atoms with Crippen molar-refractivity contribution in [2.24, 2.45) is 9.54 Å². The summed E-state index contributed by atoms with van der Waals surface area (Å²) in [5, 5.41) is 5.04. The van der Waals surface area contributed by atoms with Crippen LogP contribution < -0.4 is 28.2 Å². The summed E-state index contributed by atoms with van der Waals surface area (Å²) in [5.74, 6) is 0.213. The van der Waals surface area contributed by atoms with E-state index in [1.165, 1.54) is 37.8 Å². The largest absolute Gasteiger partial charge is 1.00 e. The first-order valence-electron chi connectivity index (χ1n) is 18.7. The van der Waals surface area contributed by atoms with Crippen molar-refractivity contribution in [2.75, 3.05) is 57.1 Å². The Morgan fingerprint density at radius 1 is 0.764 bits per heavy atom. The summed E-state index contributed by atoms with van der Waals surface area (Å²) in [6.07, 6.45) is 7.39. The number of halogens is 1. The molecule has 2 atom stereocenters. The topological polar surface area (TPSA) is 130 Å². The van der Waals surface area contributed by atoms with Crippen LogP contribution in [0.3, 0.4) is 0 Å². The number of benzene rings is 1. The number of rotatable bonds is 5. The van der Waals surface area contributed by atoms with E-state index in [1.807, 2.05) is 41.5 Å². The van der Waals surface area contributed by atoms with Gasteiger partial charge in [-0.25, -0.2) is 8.42 Å². The van der Waals surface area contributed by atoms with E-state index in [0.29, 0.717) is 26.4 Å². The molecule has 0 saturated carbocycles. The molecule has 2 unspecified atom stereocenters. The number of ether oxygens (including phenoxy) is 4. The third kappa shape index (κ3) is 34.5. The number of ketones is 1. The molecule has 10 nitrogen and oxygen atoms in total. The molecule has 16 heteroatoms. The van der Waals surface area contributed by atoms with Crippen molar-refractivity contribution in [3.63, 3.8) is 0 Å². The Kier molecular flexibility index (Phi) is 36.7. The first kappa shape index (κ1) is 61.6. The zero-order valence-corrected chi connectivity index (χ0v) is 41.7. The van der Waals surface area contributed by atoms with Crippen LogP contribution in [-0.2, 0) is 45.7 Å². The molecular formula is C39H79BrLiN3O7S2Si2. The molecule has 0 radical (unpaired) electrons. The molecule has 320 valence electrons. The number of anilines is 1. The van der Waals surface area contributed by atoms with Gasteiger partial charge in [0.2, 0.25) is 0 Å². The Bertz CT molecular complexity index is 1150. The Labute approximate surface area is 365 Å². The van der Waals surface area contributed by atoms with Crippen molar-refractivity contribution < 1.29 is 51.0 Å². The Hall–Kier alpha value is -0.0288. The second-order valence-corrected chi connectivity index (χ2v) is 31.3. The summed E-state index contributed by atoms with van der Waals surface area (Å²) in [6.45, 7) is 37.3. The van der Waals surface area contributed by atoms with Gasteiger partial charge in [-0.1, -0.05) is 76.0 Å². The fourth-order valence-corrected chi connectivity index (χ4v) is 14.9. The van der Waals surface area contributed by atoms with Crippen molar-refractivity contribution in [1.82, 2.24) is 0 Å². The average Bonchev–Trinajstić information content (AvgIpc) is 3.78. The van der Waals surface area contributed by atoms with Gasteiger partial charge in [0, 0.05) is 36.6 Å². The summed E-state index contributed by atoms with van der Waals surface area (Å²) in [6, 6.07) is 8.76. The van der Waals surface area contributed by atoms with Crippen molar-refractivity contribution in [3.8, 4) is 0 Å². The van der Waals surface area contributed by atoms with Crippen LogP contribution in [0, 0.1) is 6.92 Å². The number of nitrogens with two attached hydrogens (primary N) is 1. The zero-order valence-electron chi connectivity index (χ0n) is 36.4. The average molecular weight is 909 g/mol. The first-order valence-corrected chi connectivity index (χ1v) is 28.7. The minimum Gasteiger partial charge on any atom is -0.425 e. The molecule has 5 rings (SSSR count). The van der Waals surface area contributed by atoms with Crippen LogP contribution in [0.25, 0.3) is 0 Å². The number of hydrogen-bond acceptors (Lipinski definition) is 8. The van der Waals surface area contributed by atoms with Crippen LogP contribution in [0.2, 0.25) is 39.3 Å². The van der Waals surface area contributed by atoms with Crippen molar-refractivity contribution in [1.29, 1.82) is 0 Å². The molecule has 0 spiro atoms. The molecule has 2 N–H and O–H groups in total. The molecule has 4 aliphatic heterocycles. The molecular weight excluding hydrogens is 830 g/mol. The maximum absolute atomic E-state index is 11.3. The van der Waals surface area contributed by atoms with Gasteiger partial charge in [-0.3, -0.25) is 9.93 Å². The second-order valence-electron chi connectivity index (χ2n) is 16.6. The Morgan fingerprint density at radius 2 is 1.09 bits per heavy atom. The van der Waals surface area contributed by atoms with Gasteiger partial charge in [0.1, 0.15) is 40.7 Å². The minimum absolute atomic E-state index is 0. The van der Waals surface area contributed by atoms with Crippen LogP contribution in [-0.4, -0.2) is 98.7 Å². The van der Waals surface area contributed by atoms with Gasteiger partial charge < -0.3 is 30.1 Å². The van der Waals surface area contributed by atoms with E-state index in [0.717, 1.165) is 43.0 Å². The van der Waals surface area contributed by atoms with Crippen LogP contribution in [0.15, 0.2) is 33.1 Å². The molecule has 4 fully saturated rings. The van der Waals surface area contributed by atoms with E-state index in [1.54, 1.807) is 0 Å². The van der Waals surface area contributed by atoms with E-state index in [-0.39, 0.29) is 41.6 Å². The Balaban J connectivity index is -0.000000292. The summed E-state index contributed by atoms with van der Waals surface area (Å²) < 4.78 is 48.4. The predicted molar refractivity (Wildman–Crippen MR) is 244 cm³/mol. The molecule has 0 amide bonds. The minimum atomic E-state index is -1.30. The number of hydrogen-bond donors (Lipinski definition) is 1. The van der Waals surface area contributed by atoms with Gasteiger partial charge in [-0.15, -0.1) is 0 Å². The molecule has 0 aromatic heterocycles. The summed E-state index contributed by atoms with van der Waals surface area (Å²) in [7, 11) is -4.89. The third-order valence-electron chi connectivity index (χ3n) is 6.84. The maximum Gasteiger partial charge on any atom is 1.00 e. The number of carbonyl (C=O) groups excluding carboxylic acids is 1. The van der Waals surface area contributed by atoms with Gasteiger partial charge >= 0.3 is 18.9 Å². The van der Waals surface area contributed by atoms with E-state index in [9.17, 15) is 13.2 Å². The normalized spacial score (nSPS) is 16.9. The smallest absolute Gasteiger partial charge is 0.425 e. The molecule has 0 bridgehead atoms. The number of unbranched alkanes of at least 4 members (excludes halogenated alkanes) is 1. The molecule has 4 heterocycles. The van der Waals surface area contributed by atoms with E-state index < -0.39 is 38.4 Å². The van der Waals surface area contributed by atoms with Crippen LogP contribution >= 0.6 is 15.9 Å².